The Kier molecular flexibility index (Phi) is 12.0. The average molecular weight is 1100 g/mol. The van der Waals surface area contributed by atoms with E-state index < -0.39 is 192 Å². The van der Waals surface area contributed by atoms with E-state index in [4.69, 9.17) is 0 Å². The van der Waals surface area contributed by atoms with Gasteiger partial charge in [0, 0.05) is 23.7 Å². The van der Waals surface area contributed by atoms with Crippen LogP contribution in [-0.4, -0.2) is 141 Å². The Labute approximate surface area is 388 Å². The van der Waals surface area contributed by atoms with Crippen molar-refractivity contribution in [3.63, 3.8) is 0 Å². The Bertz CT molecular complexity index is 1870. The monoisotopic (exact) mass is 1100 g/mol. The molecule has 8 aliphatic carbocycles. The summed E-state index contributed by atoms with van der Waals surface area (Å²) in [5.41, 5.74) is -16.6. The molecule has 8 nitrogen and oxygen atoms in total. The van der Waals surface area contributed by atoms with E-state index in [1.165, 1.54) is 0 Å². The molecule has 12 rings (SSSR count). The van der Waals surface area contributed by atoms with Gasteiger partial charge < -0.3 is 39.4 Å². The number of fused-ring (bicyclic) bond motifs is 4. The zero-order valence-corrected chi connectivity index (χ0v) is 35.7. The van der Waals surface area contributed by atoms with Crippen LogP contribution in [0.4, 0.5) is 105 Å². The molecule has 12 aliphatic rings. The van der Waals surface area contributed by atoms with Crippen LogP contribution in [0.2, 0.25) is 0 Å². The first-order chi connectivity index (χ1) is 32.4. The summed E-state index contributed by atoms with van der Waals surface area (Å²) in [5.74, 6) is -12.4. The van der Waals surface area contributed by atoms with E-state index in [2.05, 4.69) is 18.9 Å². The summed E-state index contributed by atoms with van der Waals surface area (Å²) in [6, 6.07) is 0. The lowest BCUT2D eigenvalue weighted by atomic mass is 9.76. The second kappa shape index (κ2) is 15.8. The van der Waals surface area contributed by atoms with Crippen molar-refractivity contribution in [2.75, 3.05) is 0 Å². The van der Waals surface area contributed by atoms with Crippen molar-refractivity contribution in [1.29, 1.82) is 0 Å². The van der Waals surface area contributed by atoms with Crippen LogP contribution in [-0.2, 0) is 18.9 Å². The molecular weight excluding hydrogens is 1060 g/mol. The minimum atomic E-state index is -5.57. The van der Waals surface area contributed by atoms with Crippen molar-refractivity contribution < 1.29 is 145 Å². The number of alkyl halides is 24. The van der Waals surface area contributed by atoms with Gasteiger partial charge >= 0.3 is 49.4 Å². The molecule has 12 fully saturated rings. The van der Waals surface area contributed by atoms with Crippen LogP contribution in [0.3, 0.4) is 0 Å². The zero-order valence-electron chi connectivity index (χ0n) is 35.7. The van der Waals surface area contributed by atoms with Gasteiger partial charge in [-0.25, -0.2) is 0 Å². The molecule has 4 N–H and O–H groups in total. The number of aliphatic hydroxyl groups is 4. The molecular formula is C40H40F24O8. The molecule has 0 aromatic heterocycles. The molecule has 12 unspecified atom stereocenters. The van der Waals surface area contributed by atoms with E-state index in [1.807, 2.05) is 0 Å². The molecule has 8 saturated carbocycles. The highest BCUT2D eigenvalue weighted by Crippen LogP contribution is 2.72. The van der Waals surface area contributed by atoms with Gasteiger partial charge in [0.15, 0.2) is 0 Å². The van der Waals surface area contributed by atoms with Crippen LogP contribution in [0.15, 0.2) is 0 Å². The van der Waals surface area contributed by atoms with E-state index in [-0.39, 0.29) is 51.4 Å². The number of ether oxygens (including phenoxy) is 4. The molecule has 416 valence electrons. The third-order valence-electron chi connectivity index (χ3n) is 18.3. The first-order valence-corrected chi connectivity index (χ1v) is 22.3. The maximum absolute atomic E-state index is 13.0. The Hall–Kier alpha value is -2.00. The lowest BCUT2D eigenvalue weighted by molar-refractivity contribution is -0.387. The summed E-state index contributed by atoms with van der Waals surface area (Å²) in [5, 5.41) is 38.6. The predicted octanol–water partition coefficient (Wildman–Crippen LogP) is 9.06. The van der Waals surface area contributed by atoms with E-state index in [0.717, 1.165) is 0 Å². The lowest BCUT2D eigenvalue weighted by Crippen LogP contribution is -2.62. The maximum Gasteiger partial charge on any atom is 0.426 e. The van der Waals surface area contributed by atoms with E-state index in [0.29, 0.717) is 0 Å². The number of hydrogen-bond acceptors (Lipinski definition) is 8. The van der Waals surface area contributed by atoms with Crippen molar-refractivity contribution in [3.05, 3.63) is 0 Å². The van der Waals surface area contributed by atoms with Gasteiger partial charge in [0.2, 0.25) is 0 Å². The Morgan fingerprint density at radius 1 is 0.278 bits per heavy atom. The van der Waals surface area contributed by atoms with Crippen LogP contribution >= 0.6 is 0 Å². The lowest BCUT2D eigenvalue weighted by Gasteiger charge is -2.38. The fourth-order valence-corrected chi connectivity index (χ4v) is 15.7. The molecule has 4 saturated heterocycles. The van der Waals surface area contributed by atoms with Crippen LogP contribution in [0.5, 0.6) is 0 Å². The smallest absolute Gasteiger partial charge is 0.392 e. The van der Waals surface area contributed by atoms with Crippen molar-refractivity contribution in [2.45, 2.75) is 172 Å². The summed E-state index contributed by atoms with van der Waals surface area (Å²) in [6.45, 7) is 0. The normalized spacial score (nSPS) is 45.8. The van der Waals surface area contributed by atoms with Gasteiger partial charge in [0.25, 0.3) is 22.4 Å². The van der Waals surface area contributed by atoms with Crippen molar-refractivity contribution >= 4 is 0 Å². The highest BCUT2D eigenvalue weighted by Gasteiger charge is 2.88. The van der Waals surface area contributed by atoms with E-state index in [9.17, 15) is 126 Å². The summed E-state index contributed by atoms with van der Waals surface area (Å²) in [6.07, 6.45) is -54.3. The molecule has 0 aromatic carbocycles. The Morgan fingerprint density at radius 3 is 0.722 bits per heavy atom. The average Bonchev–Trinajstić information content (AvgIpc) is 4.02. The SMILES string of the molecule is OC1C2OC(C(F)(F)F)(C(F)(F)F)C3C[C@@H]1C[C@@H]23.OC1C2OC(C(F)(F)F)(C(F)(F)F)C3C[C@H]1C[C@H]23.OC1C2[C@@H]3C[C@H]1CC3OC2(C(F)(F)F)C(F)(F)F.OC1C2[C@H]3C[C@@H]1CC3OC2(C(F)(F)F)C(F)(F)F. The molecule has 4 heterocycles. The third-order valence-corrected chi connectivity index (χ3v) is 18.3. The zero-order chi connectivity index (χ0) is 54.0. The Morgan fingerprint density at radius 2 is 0.514 bits per heavy atom. The largest absolute Gasteiger partial charge is 0.426 e. The number of rotatable bonds is 0. The molecule has 0 spiro atoms. The minimum absolute atomic E-state index is 0.0796. The summed E-state index contributed by atoms with van der Waals surface area (Å²) >= 11 is 0. The molecule has 72 heavy (non-hydrogen) atoms. The topological polar surface area (TPSA) is 118 Å². The number of halogens is 24. The summed E-state index contributed by atoms with van der Waals surface area (Å²) in [4.78, 5) is 0. The molecule has 20 atom stereocenters. The van der Waals surface area contributed by atoms with E-state index >= 15 is 0 Å². The van der Waals surface area contributed by atoms with Crippen LogP contribution in [0.25, 0.3) is 0 Å². The quantitative estimate of drug-likeness (QED) is 0.178. The maximum atomic E-state index is 13.0. The van der Waals surface area contributed by atoms with E-state index in [1.54, 1.807) is 0 Å². The highest BCUT2D eigenvalue weighted by molar-refractivity contribution is 5.22. The van der Waals surface area contributed by atoms with Crippen LogP contribution < -0.4 is 0 Å². The first-order valence-electron chi connectivity index (χ1n) is 22.3. The summed E-state index contributed by atoms with van der Waals surface area (Å²) in [7, 11) is 0. The fourth-order valence-electron chi connectivity index (χ4n) is 15.7. The highest BCUT2D eigenvalue weighted by atomic mass is 19.4. The van der Waals surface area contributed by atoms with Gasteiger partial charge in [0.1, 0.15) is 0 Å². The van der Waals surface area contributed by atoms with Gasteiger partial charge in [-0.3, -0.25) is 0 Å². The van der Waals surface area contributed by atoms with Gasteiger partial charge in [-0.2, -0.15) is 105 Å². The standard InChI is InChI=1S/4C10H10F6O2/c2*11-9(12,13)8(10(14,15)16)6-4-1-3(7(6)17)2-5(4)18-8;2*11-9(12,13)8(10(14,15)16)5-2-3-1-4(5)7(18-8)6(3)17/h4*3-7,17H,1-2H2/t4*3-,4+,5?,6?,7?/m1010/s1. The predicted molar refractivity (Wildman–Crippen MR) is 182 cm³/mol. The van der Waals surface area contributed by atoms with Crippen LogP contribution in [0, 0.1) is 71.0 Å². The Balaban J connectivity index is 0.000000119. The molecule has 8 bridgehead atoms. The second-order valence-corrected chi connectivity index (χ2v) is 21.2. The van der Waals surface area contributed by atoms with Gasteiger partial charge in [-0.05, 0) is 98.7 Å². The van der Waals surface area contributed by atoms with Gasteiger partial charge in [-0.1, -0.05) is 0 Å². The molecule has 0 amide bonds. The van der Waals surface area contributed by atoms with Gasteiger partial charge in [0.05, 0.1) is 48.8 Å². The molecule has 32 heteroatoms. The molecule has 4 aliphatic heterocycles. The molecule has 0 aromatic rings. The molecule has 0 radical (unpaired) electrons. The summed E-state index contributed by atoms with van der Waals surface area (Å²) < 4.78 is 328. The fraction of sp³-hybridized carbons (Fsp3) is 1.00. The number of hydrogen-bond donors (Lipinski definition) is 4. The van der Waals surface area contributed by atoms with Crippen molar-refractivity contribution in [2.24, 2.45) is 71.0 Å². The number of aliphatic hydroxyl groups excluding tert-OH is 4. The van der Waals surface area contributed by atoms with Crippen molar-refractivity contribution in [1.82, 2.24) is 0 Å². The van der Waals surface area contributed by atoms with Crippen LogP contribution in [0.1, 0.15) is 51.4 Å². The third kappa shape index (κ3) is 6.92. The second-order valence-electron chi connectivity index (χ2n) is 21.2. The van der Waals surface area contributed by atoms with Gasteiger partial charge in [-0.15, -0.1) is 0 Å². The first kappa shape index (κ1) is 54.8. The minimum Gasteiger partial charge on any atom is -0.392 e. The van der Waals surface area contributed by atoms with Crippen molar-refractivity contribution in [3.8, 4) is 0 Å².